The van der Waals surface area contributed by atoms with Gasteiger partial charge in [-0.2, -0.15) is 4.39 Å². The number of nitro benzene ring substituents is 1. The van der Waals surface area contributed by atoms with Crippen LogP contribution in [-0.2, 0) is 4.74 Å². The van der Waals surface area contributed by atoms with Crippen LogP contribution in [0, 0.1) is 21.7 Å². The Morgan fingerprint density at radius 1 is 1.48 bits per heavy atom. The van der Waals surface area contributed by atoms with Crippen LogP contribution in [0.15, 0.2) is 24.3 Å². The molecule has 0 atom stereocenters. The molecule has 8 heteroatoms. The lowest BCUT2D eigenvalue weighted by molar-refractivity contribution is -0.387. The fourth-order valence-electron chi connectivity index (χ4n) is 1.45. The Hall–Kier alpha value is -2.35. The Balaban J connectivity index is 2.70. The average molecular weight is 300 g/mol. The summed E-state index contributed by atoms with van der Waals surface area (Å²) in [4.78, 5) is 21.1. The highest BCUT2D eigenvalue weighted by molar-refractivity contribution is 5.95. The number of halogens is 2. The molecule has 1 rings (SSSR count). The van der Waals surface area contributed by atoms with E-state index in [4.69, 9.17) is 4.74 Å². The summed E-state index contributed by atoms with van der Waals surface area (Å²) >= 11 is 0. The van der Waals surface area contributed by atoms with Crippen LogP contribution in [0.3, 0.4) is 0 Å². The number of benzene rings is 1. The largest absolute Gasteiger partial charge is 0.375 e. The summed E-state index contributed by atoms with van der Waals surface area (Å²) in [6.07, 6.45) is 0. The number of hydrogen-bond donors (Lipinski definition) is 1. The summed E-state index contributed by atoms with van der Waals surface area (Å²) in [7, 11) is 0. The monoisotopic (exact) mass is 300 g/mol. The number of nitrogens with zero attached hydrogens (tertiary/aromatic N) is 1. The van der Waals surface area contributed by atoms with Gasteiger partial charge in [-0.3, -0.25) is 14.9 Å². The number of ether oxygens (including phenoxy) is 1. The lowest BCUT2D eigenvalue weighted by atomic mass is 10.1. The summed E-state index contributed by atoms with van der Waals surface area (Å²) in [6, 6.07) is 1.02. The fraction of sp³-hybridized carbons (Fsp3) is 0.308. The summed E-state index contributed by atoms with van der Waals surface area (Å²) in [6.45, 7) is 5.90. The number of nitrogens with one attached hydrogen (secondary N) is 1. The van der Waals surface area contributed by atoms with Crippen LogP contribution in [0.4, 0.5) is 14.5 Å². The Kier molecular flexibility index (Phi) is 5.92. The molecule has 0 aliphatic carbocycles. The van der Waals surface area contributed by atoms with Crippen molar-refractivity contribution in [2.24, 2.45) is 0 Å². The van der Waals surface area contributed by atoms with Crippen LogP contribution < -0.4 is 5.32 Å². The van der Waals surface area contributed by atoms with Gasteiger partial charge in [-0.1, -0.05) is 12.2 Å². The number of nitro groups is 1. The number of amides is 1. The van der Waals surface area contributed by atoms with E-state index in [1.807, 2.05) is 0 Å². The van der Waals surface area contributed by atoms with Gasteiger partial charge in [-0.05, 0) is 13.0 Å². The molecule has 0 radical (unpaired) electrons. The van der Waals surface area contributed by atoms with Gasteiger partial charge in [-0.25, -0.2) is 4.39 Å². The molecule has 1 N–H and O–H groups in total. The van der Waals surface area contributed by atoms with Crippen molar-refractivity contribution >= 4 is 11.6 Å². The maximum atomic E-state index is 13.7. The number of carbonyl (C=O) groups excluding carboxylic acids is 1. The molecule has 0 spiro atoms. The van der Waals surface area contributed by atoms with Crippen LogP contribution in [0.1, 0.15) is 17.3 Å². The van der Waals surface area contributed by atoms with Crippen molar-refractivity contribution < 1.29 is 23.2 Å². The minimum atomic E-state index is -1.37. The van der Waals surface area contributed by atoms with Gasteiger partial charge in [0, 0.05) is 6.54 Å². The first-order valence-corrected chi connectivity index (χ1v) is 5.96. The van der Waals surface area contributed by atoms with Gasteiger partial charge in [0.2, 0.25) is 5.82 Å². The Labute approximate surface area is 119 Å². The van der Waals surface area contributed by atoms with E-state index in [1.165, 1.54) is 0 Å². The van der Waals surface area contributed by atoms with Crippen molar-refractivity contribution in [3.05, 3.63) is 51.6 Å². The van der Waals surface area contributed by atoms with Crippen molar-refractivity contribution in [1.82, 2.24) is 5.32 Å². The molecule has 6 nitrogen and oxygen atoms in total. The van der Waals surface area contributed by atoms with E-state index < -0.39 is 33.7 Å². The number of carbonyl (C=O) groups is 1. The molecule has 0 aliphatic heterocycles. The highest BCUT2D eigenvalue weighted by Crippen LogP contribution is 2.22. The van der Waals surface area contributed by atoms with Gasteiger partial charge < -0.3 is 10.1 Å². The molecule has 0 aromatic heterocycles. The molecule has 0 fully saturated rings. The number of hydrogen-bond acceptors (Lipinski definition) is 4. The van der Waals surface area contributed by atoms with Gasteiger partial charge in [0.1, 0.15) is 5.82 Å². The predicted octanol–water partition coefficient (Wildman–Crippen LogP) is 2.20. The van der Waals surface area contributed by atoms with Crippen LogP contribution in [-0.4, -0.2) is 30.6 Å². The van der Waals surface area contributed by atoms with E-state index in [2.05, 4.69) is 11.9 Å². The minimum absolute atomic E-state index is 0.0515. The van der Waals surface area contributed by atoms with Crippen LogP contribution in [0.25, 0.3) is 0 Å². The molecule has 1 amide bonds. The maximum absolute atomic E-state index is 13.7. The highest BCUT2D eigenvalue weighted by atomic mass is 19.1. The summed E-state index contributed by atoms with van der Waals surface area (Å²) < 4.78 is 32.0. The minimum Gasteiger partial charge on any atom is -0.375 e. The Morgan fingerprint density at radius 2 is 2.14 bits per heavy atom. The fourth-order valence-corrected chi connectivity index (χ4v) is 1.45. The lowest BCUT2D eigenvalue weighted by Gasteiger charge is -2.07. The summed E-state index contributed by atoms with van der Waals surface area (Å²) in [5, 5.41) is 12.8. The molecule has 114 valence electrons. The Morgan fingerprint density at radius 3 is 2.71 bits per heavy atom. The third-order valence-electron chi connectivity index (χ3n) is 2.34. The molecule has 0 saturated heterocycles. The quantitative estimate of drug-likeness (QED) is 0.362. The second-order valence-corrected chi connectivity index (χ2v) is 4.31. The molecule has 0 heterocycles. The third kappa shape index (κ3) is 4.92. The SMILES string of the molecule is C=C(C)COCCNC(=O)c1cc(F)cc([N+](=O)[O-])c1F. The van der Waals surface area contributed by atoms with E-state index in [1.54, 1.807) is 6.92 Å². The van der Waals surface area contributed by atoms with Crippen molar-refractivity contribution in [2.45, 2.75) is 6.92 Å². The van der Waals surface area contributed by atoms with Crippen molar-refractivity contribution in [3.63, 3.8) is 0 Å². The molecule has 1 aromatic carbocycles. The van der Waals surface area contributed by atoms with Crippen LogP contribution in [0.2, 0.25) is 0 Å². The van der Waals surface area contributed by atoms with Crippen LogP contribution in [0.5, 0.6) is 0 Å². The molecule has 1 aromatic rings. The number of rotatable bonds is 7. The zero-order valence-electron chi connectivity index (χ0n) is 11.3. The average Bonchev–Trinajstić information content (AvgIpc) is 2.39. The predicted molar refractivity (Wildman–Crippen MR) is 71.0 cm³/mol. The van der Waals surface area contributed by atoms with Crippen molar-refractivity contribution in [3.8, 4) is 0 Å². The first-order valence-electron chi connectivity index (χ1n) is 5.96. The van der Waals surface area contributed by atoms with Gasteiger partial charge in [-0.15, -0.1) is 0 Å². The third-order valence-corrected chi connectivity index (χ3v) is 2.34. The molecule has 21 heavy (non-hydrogen) atoms. The summed E-state index contributed by atoms with van der Waals surface area (Å²) in [5.74, 6) is -3.39. The molecule has 0 unspecified atom stereocenters. The first kappa shape index (κ1) is 16.7. The van der Waals surface area contributed by atoms with E-state index in [-0.39, 0.29) is 13.2 Å². The van der Waals surface area contributed by atoms with Gasteiger partial charge in [0.15, 0.2) is 0 Å². The van der Waals surface area contributed by atoms with Gasteiger partial charge in [0.05, 0.1) is 29.8 Å². The molecule has 0 aliphatic rings. The second-order valence-electron chi connectivity index (χ2n) is 4.31. The van der Waals surface area contributed by atoms with E-state index in [0.29, 0.717) is 18.7 Å². The second kappa shape index (κ2) is 7.44. The Bertz CT molecular complexity index is 576. The summed E-state index contributed by atoms with van der Waals surface area (Å²) in [5.41, 5.74) is -1.01. The molecular weight excluding hydrogens is 286 g/mol. The topological polar surface area (TPSA) is 81.5 Å². The highest BCUT2D eigenvalue weighted by Gasteiger charge is 2.23. The lowest BCUT2D eigenvalue weighted by Crippen LogP contribution is -2.28. The van der Waals surface area contributed by atoms with Crippen molar-refractivity contribution in [1.29, 1.82) is 0 Å². The zero-order chi connectivity index (χ0) is 16.0. The van der Waals surface area contributed by atoms with Crippen LogP contribution >= 0.6 is 0 Å². The normalized spacial score (nSPS) is 10.2. The molecule has 0 saturated carbocycles. The zero-order valence-corrected chi connectivity index (χ0v) is 11.3. The van der Waals surface area contributed by atoms with Crippen molar-refractivity contribution in [2.75, 3.05) is 19.8 Å². The smallest absolute Gasteiger partial charge is 0.308 e. The van der Waals surface area contributed by atoms with Gasteiger partial charge in [0.25, 0.3) is 5.91 Å². The standard InChI is InChI=1S/C13H14F2N2O4/c1-8(2)7-21-4-3-16-13(18)10-5-9(14)6-11(12(10)15)17(19)20/h5-6H,1,3-4,7H2,2H3,(H,16,18). The van der Waals surface area contributed by atoms with E-state index in [9.17, 15) is 23.7 Å². The first-order chi connectivity index (χ1) is 9.82. The molecule has 0 bridgehead atoms. The maximum Gasteiger partial charge on any atom is 0.308 e. The van der Waals surface area contributed by atoms with Gasteiger partial charge >= 0.3 is 5.69 Å². The van der Waals surface area contributed by atoms with E-state index in [0.717, 1.165) is 5.57 Å². The molecular formula is C13H14F2N2O4. The van der Waals surface area contributed by atoms with E-state index >= 15 is 0 Å².